The fraction of sp³-hybridized carbons (Fsp3) is 0.0625. The van der Waals surface area contributed by atoms with E-state index in [1.165, 1.54) is 50.1 Å². The van der Waals surface area contributed by atoms with Gasteiger partial charge in [-0.15, -0.1) is 0 Å². The van der Waals surface area contributed by atoms with Gasteiger partial charge >= 0.3 is 0 Å². The van der Waals surface area contributed by atoms with Gasteiger partial charge in [0, 0.05) is 0 Å². The van der Waals surface area contributed by atoms with Gasteiger partial charge in [-0.1, -0.05) is 127 Å². The quantitative estimate of drug-likeness (QED) is 0.278. The van der Waals surface area contributed by atoms with Crippen molar-refractivity contribution in [3.63, 3.8) is 0 Å². The second-order valence-electron chi connectivity index (χ2n) is 8.60. The highest BCUT2D eigenvalue weighted by Crippen LogP contribution is 2.56. The first-order valence-electron chi connectivity index (χ1n) is 11.2. The first kappa shape index (κ1) is 18.8. The van der Waals surface area contributed by atoms with E-state index in [0.29, 0.717) is 0 Å². The molecular weight excluding hydrogens is 384 g/mol. The van der Waals surface area contributed by atoms with Crippen LogP contribution in [0.3, 0.4) is 0 Å². The van der Waals surface area contributed by atoms with Crippen molar-refractivity contribution >= 4 is 0 Å². The normalized spacial score (nSPS) is 16.4. The Labute approximate surface area is 189 Å². The van der Waals surface area contributed by atoms with Crippen LogP contribution in [-0.2, 0) is 5.41 Å². The SMILES string of the molecule is Cc1cccc2c1-c1ccccc1C2(c1ccccc1)c1ccc(-c2ccccc2)cc1. The molecule has 0 saturated carbocycles. The van der Waals surface area contributed by atoms with E-state index in [1.54, 1.807) is 0 Å². The van der Waals surface area contributed by atoms with Gasteiger partial charge in [0.15, 0.2) is 0 Å². The average Bonchev–Trinajstić information content (AvgIpc) is 3.18. The molecule has 0 N–H and O–H groups in total. The van der Waals surface area contributed by atoms with Crippen LogP contribution in [-0.4, -0.2) is 0 Å². The molecule has 1 unspecified atom stereocenters. The molecule has 32 heavy (non-hydrogen) atoms. The van der Waals surface area contributed by atoms with Crippen LogP contribution in [0.4, 0.5) is 0 Å². The standard InChI is InChI=1S/C32H24/c1-23-11-10-18-30-31(23)28-16-8-9-17-29(28)32(30,26-14-6-3-7-15-26)27-21-19-25(20-22-27)24-12-4-2-5-13-24/h2-22H,1H3. The Morgan fingerprint density at radius 1 is 0.438 bits per heavy atom. The molecule has 5 aromatic carbocycles. The number of aryl methyl sites for hydroxylation is 1. The highest BCUT2D eigenvalue weighted by atomic mass is 14.5. The van der Waals surface area contributed by atoms with Crippen molar-refractivity contribution in [1.82, 2.24) is 0 Å². The molecule has 0 heterocycles. The van der Waals surface area contributed by atoms with E-state index in [0.717, 1.165) is 0 Å². The largest absolute Gasteiger partial charge is 0.0713 e. The van der Waals surface area contributed by atoms with Crippen LogP contribution in [0, 0.1) is 6.92 Å². The van der Waals surface area contributed by atoms with Crippen LogP contribution in [0.2, 0.25) is 0 Å². The number of hydrogen-bond acceptors (Lipinski definition) is 0. The summed E-state index contributed by atoms with van der Waals surface area (Å²) >= 11 is 0. The van der Waals surface area contributed by atoms with Crippen LogP contribution in [0.25, 0.3) is 22.3 Å². The summed E-state index contributed by atoms with van der Waals surface area (Å²) in [5.41, 5.74) is 11.6. The third-order valence-electron chi connectivity index (χ3n) is 6.91. The molecule has 1 atom stereocenters. The Kier molecular flexibility index (Phi) is 4.33. The van der Waals surface area contributed by atoms with Crippen LogP contribution in [0.15, 0.2) is 127 Å². The minimum atomic E-state index is -0.325. The van der Waals surface area contributed by atoms with E-state index < -0.39 is 0 Å². The highest BCUT2D eigenvalue weighted by Gasteiger charge is 2.46. The molecule has 0 saturated heterocycles. The van der Waals surface area contributed by atoms with Crippen molar-refractivity contribution in [1.29, 1.82) is 0 Å². The lowest BCUT2D eigenvalue weighted by atomic mass is 9.67. The minimum absolute atomic E-state index is 0.325. The van der Waals surface area contributed by atoms with Gasteiger partial charge in [0.1, 0.15) is 0 Å². The molecule has 0 spiro atoms. The van der Waals surface area contributed by atoms with Crippen molar-refractivity contribution < 1.29 is 0 Å². The summed E-state index contributed by atoms with van der Waals surface area (Å²) in [5, 5.41) is 0. The zero-order chi connectivity index (χ0) is 21.5. The second-order valence-corrected chi connectivity index (χ2v) is 8.60. The molecule has 0 aromatic heterocycles. The van der Waals surface area contributed by atoms with Gasteiger partial charge in [-0.25, -0.2) is 0 Å². The Bertz CT molecular complexity index is 1400. The topological polar surface area (TPSA) is 0 Å². The summed E-state index contributed by atoms with van der Waals surface area (Å²) in [7, 11) is 0. The molecule has 0 heteroatoms. The van der Waals surface area contributed by atoms with Gasteiger partial charge < -0.3 is 0 Å². The van der Waals surface area contributed by atoms with Gasteiger partial charge in [-0.2, -0.15) is 0 Å². The lowest BCUT2D eigenvalue weighted by molar-refractivity contribution is 0.768. The molecule has 6 rings (SSSR count). The van der Waals surface area contributed by atoms with Crippen molar-refractivity contribution in [2.24, 2.45) is 0 Å². The smallest absolute Gasteiger partial charge is 0.0622 e. The second kappa shape index (κ2) is 7.35. The predicted molar refractivity (Wildman–Crippen MR) is 134 cm³/mol. The summed E-state index contributed by atoms with van der Waals surface area (Å²) in [6.07, 6.45) is 0. The molecular formula is C32H24. The molecule has 0 bridgehead atoms. The van der Waals surface area contributed by atoms with Crippen LogP contribution >= 0.6 is 0 Å². The van der Waals surface area contributed by atoms with Crippen molar-refractivity contribution in [3.8, 4) is 22.3 Å². The minimum Gasteiger partial charge on any atom is -0.0622 e. The zero-order valence-electron chi connectivity index (χ0n) is 18.1. The first-order valence-corrected chi connectivity index (χ1v) is 11.2. The lowest BCUT2D eigenvalue weighted by Crippen LogP contribution is -2.28. The average molecular weight is 409 g/mol. The van der Waals surface area contributed by atoms with Crippen molar-refractivity contribution in [2.75, 3.05) is 0 Å². The Hall–Kier alpha value is -3.90. The maximum absolute atomic E-state index is 2.32. The van der Waals surface area contributed by atoms with E-state index in [-0.39, 0.29) is 5.41 Å². The van der Waals surface area contributed by atoms with E-state index in [2.05, 4.69) is 134 Å². The van der Waals surface area contributed by atoms with Gasteiger partial charge in [0.2, 0.25) is 0 Å². The summed E-state index contributed by atoms with van der Waals surface area (Å²) in [5.74, 6) is 0. The summed E-state index contributed by atoms with van der Waals surface area (Å²) in [6.45, 7) is 2.23. The molecule has 0 fully saturated rings. The summed E-state index contributed by atoms with van der Waals surface area (Å²) in [6, 6.07) is 46.5. The van der Waals surface area contributed by atoms with Crippen LogP contribution < -0.4 is 0 Å². The number of rotatable bonds is 3. The Morgan fingerprint density at radius 3 is 1.75 bits per heavy atom. The molecule has 152 valence electrons. The summed E-state index contributed by atoms with van der Waals surface area (Å²) < 4.78 is 0. The van der Waals surface area contributed by atoms with Gasteiger partial charge in [-0.3, -0.25) is 0 Å². The lowest BCUT2D eigenvalue weighted by Gasteiger charge is -2.34. The maximum Gasteiger partial charge on any atom is 0.0713 e. The molecule has 1 aliphatic rings. The van der Waals surface area contributed by atoms with Gasteiger partial charge in [0.25, 0.3) is 0 Å². The van der Waals surface area contributed by atoms with E-state index >= 15 is 0 Å². The third kappa shape index (κ3) is 2.63. The van der Waals surface area contributed by atoms with Crippen LogP contribution in [0.1, 0.15) is 27.8 Å². The predicted octanol–water partition coefficient (Wildman–Crippen LogP) is 8.03. The van der Waals surface area contributed by atoms with Crippen molar-refractivity contribution in [2.45, 2.75) is 12.3 Å². The van der Waals surface area contributed by atoms with Gasteiger partial charge in [-0.05, 0) is 57.0 Å². The number of fused-ring (bicyclic) bond motifs is 3. The number of hydrogen-bond donors (Lipinski definition) is 0. The third-order valence-corrected chi connectivity index (χ3v) is 6.91. The van der Waals surface area contributed by atoms with Gasteiger partial charge in [0.05, 0.1) is 5.41 Å². The molecule has 0 aliphatic heterocycles. The van der Waals surface area contributed by atoms with E-state index in [9.17, 15) is 0 Å². The Morgan fingerprint density at radius 2 is 1.00 bits per heavy atom. The Balaban J connectivity index is 1.67. The molecule has 0 radical (unpaired) electrons. The molecule has 5 aromatic rings. The van der Waals surface area contributed by atoms with Crippen LogP contribution in [0.5, 0.6) is 0 Å². The molecule has 1 aliphatic carbocycles. The summed E-state index contributed by atoms with van der Waals surface area (Å²) in [4.78, 5) is 0. The maximum atomic E-state index is 2.32. The fourth-order valence-electron chi connectivity index (χ4n) is 5.53. The molecule has 0 amide bonds. The highest BCUT2D eigenvalue weighted by molar-refractivity contribution is 5.88. The fourth-order valence-corrected chi connectivity index (χ4v) is 5.53. The molecule has 0 nitrogen and oxygen atoms in total. The monoisotopic (exact) mass is 408 g/mol. The van der Waals surface area contributed by atoms with E-state index in [1.807, 2.05) is 0 Å². The van der Waals surface area contributed by atoms with Crippen molar-refractivity contribution in [3.05, 3.63) is 155 Å². The first-order chi connectivity index (χ1) is 15.8. The number of benzene rings is 5. The van der Waals surface area contributed by atoms with E-state index in [4.69, 9.17) is 0 Å². The zero-order valence-corrected chi connectivity index (χ0v) is 18.1.